The molecule has 5 amide bonds. The molecule has 0 radical (unpaired) electrons. The van der Waals surface area contributed by atoms with Gasteiger partial charge in [0.2, 0.25) is 23.6 Å². The standard InChI is InChI=1S/C57H97IN5O32P/c58-96(78,79)95-39-3-1-38(2-4-39)91-56(77)62-12-20-81-22-21-80-13-8-49(73)63-57(35-85-14-5-46(70)59-9-17-82-23-26-88-50-29-40(67)53(74)43(32-64)92-50,36-86-15-6-47(71)60-10-18-83-24-27-89-51-30-41(68)54(75)44(33-65)93-51)37-87-16-7-48(72)61-11-19-84-25-28-90-52-31-42(69)55(76)45(34-66)94-52/h1-4,40-45,50-55,64-69,74-76H,5-37H2,(H,59,70)(H,60,71)(H,61,72)(H,62,77)(H,63,73)(H,78,79)/t40-,41-,42-,43-,44-,45-,50-,51-,52-,53-,54-,55-/m1/s1. The molecule has 0 bridgehead atoms. The zero-order chi connectivity index (χ0) is 70.0. The van der Waals surface area contributed by atoms with Crippen LogP contribution in [0.3, 0.4) is 0 Å². The lowest BCUT2D eigenvalue weighted by Crippen LogP contribution is -2.59. The second kappa shape index (κ2) is 48.9. The van der Waals surface area contributed by atoms with Gasteiger partial charge >= 0.3 is 11.3 Å². The van der Waals surface area contributed by atoms with Crippen molar-refractivity contribution >= 4 is 57.0 Å². The first-order chi connectivity index (χ1) is 46.1. The van der Waals surface area contributed by atoms with Crippen LogP contribution in [0.4, 0.5) is 4.79 Å². The lowest BCUT2D eigenvalue weighted by atomic mass is 10.0. The number of ether oxygens (including phenoxy) is 15. The zero-order valence-electron chi connectivity index (χ0n) is 53.4. The number of rotatable bonds is 52. The van der Waals surface area contributed by atoms with E-state index in [2.05, 4.69) is 26.6 Å². The highest BCUT2D eigenvalue weighted by Gasteiger charge is 2.40. The number of amides is 5. The summed E-state index contributed by atoms with van der Waals surface area (Å²) in [5.41, 5.74) is -1.49. The van der Waals surface area contributed by atoms with E-state index in [9.17, 15) is 79.4 Å². The third-order valence-corrected chi connectivity index (χ3v) is 15.0. The first-order valence-electron chi connectivity index (χ1n) is 31.4. The molecule has 3 saturated heterocycles. The van der Waals surface area contributed by atoms with E-state index in [0.717, 1.165) is 0 Å². The summed E-state index contributed by atoms with van der Waals surface area (Å²) in [5.74, 6) is -1.51. The SMILES string of the molecule is O=C(CCOCC(COCCC(=O)NCCOCCO[C@H]1C[C@@H](O)[C@@H](O)[C@@H](CO)O1)(COCCC(=O)NCCOCCO[C@H]1C[C@@H](O)[C@@H](O)[C@@H](CO)O1)NC(=O)CCOCCOCCNC(=O)Oc1ccc(OP(=O)(O)I)cc1)NCCOCCO[C@H]1C[C@@H](O)[C@@H](O)[C@@H](CO)O1. The summed E-state index contributed by atoms with van der Waals surface area (Å²) >= 11 is 1.27. The van der Waals surface area contributed by atoms with Crippen LogP contribution in [0.25, 0.3) is 0 Å². The van der Waals surface area contributed by atoms with E-state index in [1.165, 1.54) is 46.3 Å². The second-order valence-electron chi connectivity index (χ2n) is 21.8. The number of hydrogen-bond donors (Lipinski definition) is 15. The maximum atomic E-state index is 13.7. The van der Waals surface area contributed by atoms with Crippen LogP contribution in [0.1, 0.15) is 44.9 Å². The Morgan fingerprint density at radius 3 is 1.11 bits per heavy atom. The molecule has 1 aromatic rings. The van der Waals surface area contributed by atoms with E-state index in [4.69, 9.17) is 75.6 Å². The van der Waals surface area contributed by atoms with Gasteiger partial charge < -0.3 is 153 Å². The summed E-state index contributed by atoms with van der Waals surface area (Å²) in [6, 6.07) is 5.47. The van der Waals surface area contributed by atoms with Gasteiger partial charge in [0.05, 0.1) is 186 Å². The fraction of sp³-hybridized carbons (Fsp3) is 0.807. The minimum absolute atomic E-state index is 0.00487. The van der Waals surface area contributed by atoms with Crippen LogP contribution in [-0.4, -0.2) is 331 Å². The Balaban J connectivity index is 1.27. The van der Waals surface area contributed by atoms with Crippen molar-refractivity contribution in [3.8, 4) is 11.5 Å². The van der Waals surface area contributed by atoms with Crippen molar-refractivity contribution in [2.24, 2.45) is 0 Å². The first-order valence-corrected chi connectivity index (χ1v) is 35.7. The van der Waals surface area contributed by atoms with Gasteiger partial charge in [-0.25, -0.2) is 9.36 Å². The predicted molar refractivity (Wildman–Crippen MR) is 335 cm³/mol. The third kappa shape index (κ3) is 36.5. The average molecular weight is 1520 g/mol. The topological polar surface area (TPSA) is 513 Å². The molecule has 0 aliphatic carbocycles. The van der Waals surface area contributed by atoms with Gasteiger partial charge in [-0.1, -0.05) is 0 Å². The average Bonchev–Trinajstić information content (AvgIpc) is 0.899. The normalized spacial score (nSPS) is 24.3. The largest absolute Gasteiger partial charge is 0.436 e. The van der Waals surface area contributed by atoms with Crippen LogP contribution >= 0.6 is 27.3 Å². The summed E-state index contributed by atoms with van der Waals surface area (Å²) in [7, 11) is 0. The van der Waals surface area contributed by atoms with E-state index < -0.39 is 134 Å². The fourth-order valence-electron chi connectivity index (χ4n) is 9.04. The number of nitrogens with one attached hydrogen (secondary N) is 5. The Morgan fingerprint density at radius 1 is 0.448 bits per heavy atom. The number of aliphatic hydroxyl groups is 9. The predicted octanol–water partition coefficient (Wildman–Crippen LogP) is -4.88. The van der Waals surface area contributed by atoms with E-state index in [1.54, 1.807) is 0 Å². The molecule has 3 heterocycles. The molecule has 13 atom stereocenters. The first kappa shape index (κ1) is 84.6. The fourth-order valence-corrected chi connectivity index (χ4v) is 10.1. The highest BCUT2D eigenvalue weighted by atomic mass is 127. The Kier molecular flexibility index (Phi) is 43.1. The molecule has 0 aromatic heterocycles. The Morgan fingerprint density at radius 2 is 0.760 bits per heavy atom. The number of carbonyl (C=O) groups is 5. The minimum atomic E-state index is -3.80. The number of hydrogen-bond acceptors (Lipinski definition) is 31. The molecular weight excluding hydrogens is 1420 g/mol. The highest BCUT2D eigenvalue weighted by molar-refractivity contribution is 14.2. The molecule has 15 N–H and O–H groups in total. The van der Waals surface area contributed by atoms with Gasteiger partial charge in [-0.2, -0.15) is 0 Å². The van der Waals surface area contributed by atoms with Gasteiger partial charge in [0.1, 0.15) is 53.7 Å². The molecule has 0 spiro atoms. The molecule has 554 valence electrons. The molecule has 4 rings (SSSR count). The molecule has 96 heavy (non-hydrogen) atoms. The number of halogens is 1. The second-order valence-corrected chi connectivity index (χ2v) is 26.5. The highest BCUT2D eigenvalue weighted by Crippen LogP contribution is 2.51. The minimum Gasteiger partial charge on any atom is -0.418 e. The van der Waals surface area contributed by atoms with E-state index in [1.807, 2.05) is 0 Å². The van der Waals surface area contributed by atoms with Crippen LogP contribution in [0.15, 0.2) is 24.3 Å². The summed E-state index contributed by atoms with van der Waals surface area (Å²) in [5, 5.41) is 97.7. The summed E-state index contributed by atoms with van der Waals surface area (Å²) in [4.78, 5) is 73.9. The molecule has 3 fully saturated rings. The van der Waals surface area contributed by atoms with Crippen LogP contribution < -0.4 is 35.8 Å². The van der Waals surface area contributed by atoms with Crippen LogP contribution in [0.2, 0.25) is 0 Å². The van der Waals surface area contributed by atoms with Crippen molar-refractivity contribution in [3.05, 3.63) is 24.3 Å². The molecular formula is C57H97IN5O32P. The van der Waals surface area contributed by atoms with Gasteiger partial charge in [0.15, 0.2) is 18.9 Å². The van der Waals surface area contributed by atoms with Crippen molar-refractivity contribution in [2.45, 2.75) is 124 Å². The van der Waals surface area contributed by atoms with Crippen molar-refractivity contribution in [3.63, 3.8) is 0 Å². The Bertz CT molecular complexity index is 2200. The van der Waals surface area contributed by atoms with Crippen LogP contribution in [0.5, 0.6) is 11.5 Å². The number of aliphatic hydroxyl groups excluding tert-OH is 9. The monoisotopic (exact) mass is 1520 g/mol. The molecule has 3 aliphatic heterocycles. The van der Waals surface area contributed by atoms with Crippen LogP contribution in [0, 0.1) is 0 Å². The van der Waals surface area contributed by atoms with Crippen molar-refractivity contribution < 1.29 is 155 Å². The molecule has 1 aromatic carbocycles. The van der Waals surface area contributed by atoms with Gasteiger partial charge in [0.25, 0.3) is 0 Å². The van der Waals surface area contributed by atoms with E-state index in [-0.39, 0.29) is 208 Å². The van der Waals surface area contributed by atoms with Gasteiger partial charge in [-0.3, -0.25) is 19.2 Å². The molecule has 3 aliphatic rings. The number of benzene rings is 1. The lowest BCUT2D eigenvalue weighted by molar-refractivity contribution is -0.258. The zero-order valence-corrected chi connectivity index (χ0v) is 56.4. The Labute approximate surface area is 567 Å². The summed E-state index contributed by atoms with van der Waals surface area (Å²) in [6.45, 7) is -1.54. The quantitative estimate of drug-likeness (QED) is 0.0165. The molecule has 0 saturated carbocycles. The smallest absolute Gasteiger partial charge is 0.418 e. The van der Waals surface area contributed by atoms with Gasteiger partial charge in [0, 0.05) is 71.1 Å². The Hall–Kier alpha value is -3.83. The molecule has 37 nitrogen and oxygen atoms in total. The molecule has 1 unspecified atom stereocenters. The third-order valence-electron chi connectivity index (χ3n) is 14.0. The van der Waals surface area contributed by atoms with Gasteiger partial charge in [-0.05, 0) is 24.3 Å². The van der Waals surface area contributed by atoms with E-state index >= 15 is 0 Å². The van der Waals surface area contributed by atoms with E-state index in [0.29, 0.717) is 0 Å². The van der Waals surface area contributed by atoms with Gasteiger partial charge in [-0.15, -0.1) is 0 Å². The maximum absolute atomic E-state index is 13.7. The van der Waals surface area contributed by atoms with Crippen molar-refractivity contribution in [2.75, 3.05) is 172 Å². The van der Waals surface area contributed by atoms with Crippen molar-refractivity contribution in [1.82, 2.24) is 26.6 Å². The van der Waals surface area contributed by atoms with Crippen molar-refractivity contribution in [1.29, 1.82) is 0 Å². The summed E-state index contributed by atoms with van der Waals surface area (Å²) < 4.78 is 100. The summed E-state index contributed by atoms with van der Waals surface area (Å²) in [6.07, 6.45) is -14.1. The van der Waals surface area contributed by atoms with Crippen LogP contribution in [-0.2, 0) is 90.1 Å². The lowest BCUT2D eigenvalue weighted by Gasteiger charge is -2.36. The maximum Gasteiger partial charge on any atom is 0.436 e. The number of carbonyl (C=O) groups excluding carboxylic acids is 5. The molecule has 39 heteroatoms.